The van der Waals surface area contributed by atoms with Crippen LogP contribution in [0.2, 0.25) is 0 Å². The van der Waals surface area contributed by atoms with Crippen molar-refractivity contribution in [3.05, 3.63) is 83.7 Å². The molecule has 0 bridgehead atoms. The summed E-state index contributed by atoms with van der Waals surface area (Å²) < 4.78 is 11.8. The van der Waals surface area contributed by atoms with Crippen molar-refractivity contribution in [2.24, 2.45) is 5.92 Å². The monoisotopic (exact) mass is 562 g/mol. The van der Waals surface area contributed by atoms with Gasteiger partial charge in [-0.2, -0.15) is 0 Å². The molecule has 1 unspecified atom stereocenters. The summed E-state index contributed by atoms with van der Waals surface area (Å²) in [4.78, 5) is 26.7. The first kappa shape index (κ1) is 30.0. The zero-order valence-electron chi connectivity index (χ0n) is 23.8. The van der Waals surface area contributed by atoms with E-state index >= 15 is 0 Å². The molecule has 0 radical (unpaired) electrons. The Balaban J connectivity index is 1.43. The highest BCUT2D eigenvalue weighted by Gasteiger charge is 2.52. The van der Waals surface area contributed by atoms with Crippen molar-refractivity contribution in [3.8, 4) is 5.75 Å². The average molecular weight is 563 g/mol. The number of anilines is 1. The van der Waals surface area contributed by atoms with Crippen LogP contribution in [0, 0.1) is 5.92 Å². The molecule has 4 rings (SSSR count). The van der Waals surface area contributed by atoms with Crippen molar-refractivity contribution in [3.63, 3.8) is 0 Å². The predicted octanol–water partition coefficient (Wildman–Crippen LogP) is 3.57. The number of carbonyl (C=O) groups excluding carboxylic acids is 2. The van der Waals surface area contributed by atoms with E-state index in [9.17, 15) is 19.8 Å². The fraction of sp³-hybridized carbons (Fsp3) is 0.419. The van der Waals surface area contributed by atoms with E-state index in [0.717, 1.165) is 5.56 Å². The zero-order chi connectivity index (χ0) is 29.4. The Morgan fingerprint density at radius 2 is 1.90 bits per heavy atom. The molecule has 3 aromatic rings. The van der Waals surface area contributed by atoms with Crippen LogP contribution in [0.25, 0.3) is 0 Å². The minimum Gasteiger partial charge on any atom is -0.497 e. The molecule has 2 heterocycles. The van der Waals surface area contributed by atoms with E-state index in [1.165, 1.54) is 7.11 Å². The number of aliphatic hydroxyl groups excluding tert-OH is 1. The zero-order valence-corrected chi connectivity index (χ0v) is 23.8. The largest absolute Gasteiger partial charge is 0.497 e. The average Bonchev–Trinajstić information content (AvgIpc) is 3.55. The number of aromatic nitrogens is 3. The lowest BCUT2D eigenvalue weighted by molar-refractivity contribution is -0.140. The summed E-state index contributed by atoms with van der Waals surface area (Å²) in [6, 6.07) is 15.0. The summed E-state index contributed by atoms with van der Waals surface area (Å²) in [6.07, 6.45) is 7.65. The van der Waals surface area contributed by atoms with Gasteiger partial charge in [0, 0.05) is 37.2 Å². The summed E-state index contributed by atoms with van der Waals surface area (Å²) in [5.41, 5.74) is 1.05. The Morgan fingerprint density at radius 1 is 1.12 bits per heavy atom. The summed E-state index contributed by atoms with van der Waals surface area (Å²) >= 11 is 0. The van der Waals surface area contributed by atoms with E-state index in [2.05, 4.69) is 10.3 Å². The van der Waals surface area contributed by atoms with E-state index in [1.807, 2.05) is 55.6 Å². The van der Waals surface area contributed by atoms with Gasteiger partial charge in [0.2, 0.25) is 0 Å². The number of carbonyl (C=O) groups is 2. The standard InChI is InChI=1S/C31H38N4O6/c1-22(11-7-9-17-34-20-27(32-33-34)25(21-36)23-12-5-4-6-13-23)31(39)26-19-24(40-2)15-16-28(26)35(30(31)38)18-10-8-14-29(37)41-3/h4-7,11-13,15-16,19-20,22,25,36,39H,8-10,14,17-18,21H2,1-3H3/b11-7+/t22-,25?,31+/m1/s1. The van der Waals surface area contributed by atoms with Crippen LogP contribution in [0.1, 0.15) is 55.3 Å². The van der Waals surface area contributed by atoms with Crippen LogP contribution in [0.4, 0.5) is 5.69 Å². The van der Waals surface area contributed by atoms with Gasteiger partial charge in [-0.1, -0.05) is 54.6 Å². The van der Waals surface area contributed by atoms with Gasteiger partial charge in [0.25, 0.3) is 5.91 Å². The third kappa shape index (κ3) is 6.49. The second kappa shape index (κ2) is 13.6. The molecule has 0 spiro atoms. The number of nitrogens with zero attached hydrogens (tertiary/aromatic N) is 4. The van der Waals surface area contributed by atoms with Crippen LogP contribution in [-0.4, -0.2) is 64.5 Å². The van der Waals surface area contributed by atoms with E-state index < -0.39 is 17.4 Å². The van der Waals surface area contributed by atoms with Gasteiger partial charge in [-0.25, -0.2) is 0 Å². The number of fused-ring (bicyclic) bond motifs is 1. The number of benzene rings is 2. The molecule has 1 amide bonds. The maximum absolute atomic E-state index is 13.6. The number of esters is 1. The fourth-order valence-electron chi connectivity index (χ4n) is 5.20. The van der Waals surface area contributed by atoms with Crippen LogP contribution in [0.5, 0.6) is 5.75 Å². The van der Waals surface area contributed by atoms with E-state index in [0.29, 0.717) is 55.0 Å². The molecule has 1 aliphatic heterocycles. The topological polar surface area (TPSA) is 127 Å². The first-order chi connectivity index (χ1) is 19.8. The SMILES string of the molecule is COC(=O)CCCCN1C(=O)[C@](O)([C@H](C)/C=C/CCn2cc(C(CO)c3ccccc3)nn2)c2cc(OC)ccc21. The molecular formula is C31H38N4O6. The Bertz CT molecular complexity index is 1360. The van der Waals surface area contributed by atoms with Gasteiger partial charge in [-0.05, 0) is 43.0 Å². The number of methoxy groups -OCH3 is 2. The number of allylic oxidation sites excluding steroid dienone is 1. The highest BCUT2D eigenvalue weighted by atomic mass is 16.5. The second-order valence-electron chi connectivity index (χ2n) is 10.2. The number of hydrogen-bond acceptors (Lipinski definition) is 8. The molecule has 218 valence electrons. The van der Waals surface area contributed by atoms with Gasteiger partial charge in [-0.3, -0.25) is 14.3 Å². The van der Waals surface area contributed by atoms with Crippen LogP contribution in [0.3, 0.4) is 0 Å². The molecule has 1 aromatic heterocycles. The lowest BCUT2D eigenvalue weighted by Crippen LogP contribution is -2.44. The molecule has 2 N–H and O–H groups in total. The van der Waals surface area contributed by atoms with Crippen molar-refractivity contribution < 1.29 is 29.3 Å². The van der Waals surface area contributed by atoms with Gasteiger partial charge >= 0.3 is 5.97 Å². The Labute approximate surface area is 240 Å². The van der Waals surface area contributed by atoms with Crippen molar-refractivity contribution in [2.75, 3.05) is 32.3 Å². The normalized spacial score (nSPS) is 18.0. The van der Waals surface area contributed by atoms with E-state index in [1.54, 1.807) is 34.9 Å². The summed E-state index contributed by atoms with van der Waals surface area (Å²) in [7, 11) is 2.90. The molecule has 0 aliphatic carbocycles. The maximum atomic E-state index is 13.6. The molecule has 3 atom stereocenters. The molecule has 2 aromatic carbocycles. The molecule has 10 nitrogen and oxygen atoms in total. The summed E-state index contributed by atoms with van der Waals surface area (Å²) in [5.74, 6) is -0.900. The van der Waals surface area contributed by atoms with E-state index in [4.69, 9.17) is 9.47 Å². The van der Waals surface area contributed by atoms with Crippen molar-refractivity contribution in [1.82, 2.24) is 15.0 Å². The Kier molecular flexibility index (Phi) is 9.91. The first-order valence-corrected chi connectivity index (χ1v) is 13.9. The molecule has 0 saturated carbocycles. The smallest absolute Gasteiger partial charge is 0.305 e. The number of rotatable bonds is 14. The Hall–Kier alpha value is -4.02. The van der Waals surface area contributed by atoms with Crippen LogP contribution >= 0.6 is 0 Å². The van der Waals surface area contributed by atoms with Crippen LogP contribution in [-0.2, 0) is 26.5 Å². The third-order valence-electron chi connectivity index (χ3n) is 7.62. The predicted molar refractivity (Wildman–Crippen MR) is 153 cm³/mol. The molecule has 0 saturated heterocycles. The number of unbranched alkanes of at least 4 members (excludes halogenated alkanes) is 1. The maximum Gasteiger partial charge on any atom is 0.305 e. The second-order valence-corrected chi connectivity index (χ2v) is 10.2. The van der Waals surface area contributed by atoms with E-state index in [-0.39, 0.29) is 24.9 Å². The number of ether oxygens (including phenoxy) is 2. The molecular weight excluding hydrogens is 524 g/mol. The van der Waals surface area contributed by atoms with Gasteiger partial charge in [0.1, 0.15) is 5.75 Å². The molecule has 41 heavy (non-hydrogen) atoms. The summed E-state index contributed by atoms with van der Waals surface area (Å²) in [5, 5.41) is 30.2. The van der Waals surface area contributed by atoms with Crippen molar-refractivity contribution >= 4 is 17.6 Å². The number of amides is 1. The minimum absolute atomic E-state index is 0.0682. The van der Waals surface area contributed by atoms with Gasteiger partial charge in [-0.15, -0.1) is 5.10 Å². The number of aliphatic hydroxyl groups is 2. The minimum atomic E-state index is -1.76. The first-order valence-electron chi connectivity index (χ1n) is 13.9. The van der Waals surface area contributed by atoms with Crippen molar-refractivity contribution in [2.45, 2.75) is 50.7 Å². The lowest BCUT2D eigenvalue weighted by atomic mass is 9.83. The number of aryl methyl sites for hydroxylation is 1. The third-order valence-corrected chi connectivity index (χ3v) is 7.62. The quantitative estimate of drug-likeness (QED) is 0.173. The lowest BCUT2D eigenvalue weighted by Gasteiger charge is -2.27. The number of hydrogen-bond donors (Lipinski definition) is 2. The molecule has 0 fully saturated rings. The highest BCUT2D eigenvalue weighted by molar-refractivity contribution is 6.07. The summed E-state index contributed by atoms with van der Waals surface area (Å²) in [6.45, 7) is 2.67. The fourth-order valence-corrected chi connectivity index (χ4v) is 5.20. The van der Waals surface area contributed by atoms with Crippen LogP contribution < -0.4 is 9.64 Å². The Morgan fingerprint density at radius 3 is 2.61 bits per heavy atom. The molecule has 10 heteroatoms. The van der Waals surface area contributed by atoms with Crippen LogP contribution in [0.15, 0.2) is 66.9 Å². The van der Waals surface area contributed by atoms with Gasteiger partial charge in [0.05, 0.1) is 38.1 Å². The van der Waals surface area contributed by atoms with Gasteiger partial charge in [0.15, 0.2) is 5.60 Å². The molecule has 1 aliphatic rings. The van der Waals surface area contributed by atoms with Crippen molar-refractivity contribution in [1.29, 1.82) is 0 Å². The van der Waals surface area contributed by atoms with Gasteiger partial charge < -0.3 is 24.6 Å². The highest BCUT2D eigenvalue weighted by Crippen LogP contribution is 2.46.